The number of carbonyl (C=O) groups excluding carboxylic acids is 1. The summed E-state index contributed by atoms with van der Waals surface area (Å²) in [4.78, 5) is 13.3. The van der Waals surface area contributed by atoms with Crippen molar-refractivity contribution in [3.8, 4) is 5.75 Å². The van der Waals surface area contributed by atoms with E-state index in [1.807, 2.05) is 35.8 Å². The van der Waals surface area contributed by atoms with Crippen LogP contribution in [-0.2, 0) is 10.5 Å². The molecule has 1 amide bonds. The number of hydrogen-bond acceptors (Lipinski definition) is 4. The Morgan fingerprint density at radius 3 is 3.00 bits per heavy atom. The van der Waals surface area contributed by atoms with E-state index in [4.69, 9.17) is 10.5 Å². The highest BCUT2D eigenvalue weighted by atomic mass is 32.2. The smallest absolute Gasteiger partial charge is 0.234 e. The second-order valence-corrected chi connectivity index (χ2v) is 6.17. The predicted molar refractivity (Wildman–Crippen MR) is 78.3 cm³/mol. The number of likely N-dealkylation sites (tertiary alicyclic amines) is 1. The molecule has 1 aliphatic heterocycles. The Bertz CT molecular complexity index is 453. The van der Waals surface area contributed by atoms with Gasteiger partial charge < -0.3 is 10.5 Å². The number of primary amides is 1. The molecule has 1 saturated heterocycles. The topological polar surface area (TPSA) is 55.6 Å². The Hall–Kier alpha value is -1.20. The van der Waals surface area contributed by atoms with Gasteiger partial charge in [-0.15, -0.1) is 0 Å². The lowest BCUT2D eigenvalue weighted by Gasteiger charge is -2.14. The normalized spacial score (nSPS) is 23.5. The number of benzene rings is 1. The van der Waals surface area contributed by atoms with E-state index in [0.717, 1.165) is 24.5 Å². The number of methoxy groups -OCH3 is 1. The van der Waals surface area contributed by atoms with E-state index in [2.05, 4.69) is 12.1 Å². The summed E-state index contributed by atoms with van der Waals surface area (Å²) in [7, 11) is 3.64. The third kappa shape index (κ3) is 3.64. The number of amides is 1. The second kappa shape index (κ2) is 6.30. The molecule has 19 heavy (non-hydrogen) atoms. The zero-order valence-corrected chi connectivity index (χ0v) is 12.2. The molecule has 1 fully saturated rings. The van der Waals surface area contributed by atoms with Crippen LogP contribution >= 0.6 is 11.8 Å². The molecule has 1 aliphatic rings. The molecule has 0 aromatic heterocycles. The van der Waals surface area contributed by atoms with Crippen LogP contribution in [0.4, 0.5) is 0 Å². The minimum absolute atomic E-state index is 0.109. The van der Waals surface area contributed by atoms with Gasteiger partial charge in [0.25, 0.3) is 0 Å². The van der Waals surface area contributed by atoms with Gasteiger partial charge in [0.2, 0.25) is 5.91 Å². The summed E-state index contributed by atoms with van der Waals surface area (Å²) in [6.07, 6.45) is 0.848. The molecule has 2 atom stereocenters. The number of likely N-dealkylation sites (N-methyl/N-ethyl adjacent to an activating group) is 1. The van der Waals surface area contributed by atoms with E-state index in [-0.39, 0.29) is 11.9 Å². The lowest BCUT2D eigenvalue weighted by molar-refractivity contribution is -0.121. The minimum Gasteiger partial charge on any atom is -0.497 e. The van der Waals surface area contributed by atoms with Gasteiger partial charge in [0.1, 0.15) is 5.75 Å². The van der Waals surface area contributed by atoms with Crippen molar-refractivity contribution in [2.45, 2.75) is 23.5 Å². The van der Waals surface area contributed by atoms with Crippen LogP contribution in [0.2, 0.25) is 0 Å². The maximum Gasteiger partial charge on any atom is 0.234 e. The zero-order valence-electron chi connectivity index (χ0n) is 11.3. The Kier molecular flexibility index (Phi) is 4.71. The van der Waals surface area contributed by atoms with Crippen molar-refractivity contribution in [1.29, 1.82) is 0 Å². The molecule has 4 nitrogen and oxygen atoms in total. The first-order valence-corrected chi connectivity index (χ1v) is 7.39. The van der Waals surface area contributed by atoms with Crippen LogP contribution in [0.25, 0.3) is 0 Å². The molecule has 1 aromatic rings. The summed E-state index contributed by atoms with van der Waals surface area (Å²) in [6.45, 7) is 0.919. The van der Waals surface area contributed by atoms with Crippen LogP contribution in [0.1, 0.15) is 12.0 Å². The summed E-state index contributed by atoms with van der Waals surface area (Å²) >= 11 is 1.88. The number of nitrogens with two attached hydrogens (primary N) is 1. The van der Waals surface area contributed by atoms with Gasteiger partial charge in [-0.2, -0.15) is 11.8 Å². The lowest BCUT2D eigenvalue weighted by atomic mass is 10.2. The minimum atomic E-state index is -0.216. The van der Waals surface area contributed by atoms with Gasteiger partial charge in [-0.3, -0.25) is 9.69 Å². The van der Waals surface area contributed by atoms with Crippen molar-refractivity contribution in [2.75, 3.05) is 20.7 Å². The maximum atomic E-state index is 11.3. The number of ether oxygens (including phenoxy) is 1. The van der Waals surface area contributed by atoms with Gasteiger partial charge in [0, 0.05) is 17.5 Å². The number of thioether (sulfide) groups is 1. The average Bonchev–Trinajstić information content (AvgIpc) is 2.78. The summed E-state index contributed by atoms with van der Waals surface area (Å²) in [6, 6.07) is 7.99. The number of hydrogen-bond donors (Lipinski definition) is 1. The summed E-state index contributed by atoms with van der Waals surface area (Å²) in [5, 5.41) is 0.466. The number of rotatable bonds is 5. The van der Waals surface area contributed by atoms with Crippen LogP contribution in [0, 0.1) is 0 Å². The van der Waals surface area contributed by atoms with E-state index in [0.29, 0.717) is 5.25 Å². The van der Waals surface area contributed by atoms with Gasteiger partial charge >= 0.3 is 0 Å². The fraction of sp³-hybridized carbons (Fsp3) is 0.500. The summed E-state index contributed by atoms with van der Waals surface area (Å²) in [5.41, 5.74) is 6.63. The van der Waals surface area contributed by atoms with E-state index < -0.39 is 0 Å². The highest BCUT2D eigenvalue weighted by Crippen LogP contribution is 2.29. The summed E-state index contributed by atoms with van der Waals surface area (Å²) < 4.78 is 5.21. The van der Waals surface area contributed by atoms with Crippen LogP contribution in [0.15, 0.2) is 24.3 Å². The molecular formula is C14H20N2O2S. The lowest BCUT2D eigenvalue weighted by Crippen LogP contribution is -2.37. The quantitative estimate of drug-likeness (QED) is 0.888. The highest BCUT2D eigenvalue weighted by Gasteiger charge is 2.33. The molecule has 2 N–H and O–H groups in total. The van der Waals surface area contributed by atoms with Crippen molar-refractivity contribution in [1.82, 2.24) is 4.90 Å². The Labute approximate surface area is 118 Å². The largest absolute Gasteiger partial charge is 0.497 e. The first kappa shape index (κ1) is 14.2. The van der Waals surface area contributed by atoms with Crippen LogP contribution < -0.4 is 10.5 Å². The van der Waals surface area contributed by atoms with Crippen LogP contribution in [-0.4, -0.2) is 42.8 Å². The third-order valence-electron chi connectivity index (χ3n) is 3.46. The van der Waals surface area contributed by atoms with Gasteiger partial charge in [0.05, 0.1) is 13.2 Å². The number of carbonyl (C=O) groups is 1. The molecule has 2 rings (SSSR count). The van der Waals surface area contributed by atoms with Gasteiger partial charge in [-0.25, -0.2) is 0 Å². The Balaban J connectivity index is 1.88. The Morgan fingerprint density at radius 2 is 2.37 bits per heavy atom. The molecule has 0 bridgehead atoms. The maximum absolute atomic E-state index is 11.3. The highest BCUT2D eigenvalue weighted by molar-refractivity contribution is 7.99. The van der Waals surface area contributed by atoms with Gasteiger partial charge in [-0.05, 0) is 31.2 Å². The summed E-state index contributed by atoms with van der Waals surface area (Å²) in [5.74, 6) is 1.60. The zero-order chi connectivity index (χ0) is 13.8. The number of nitrogens with zero attached hydrogens (tertiary/aromatic N) is 1. The SMILES string of the molecule is COc1cccc(CS[C@H]2C[C@@H](C(N)=O)N(C)C2)c1. The fourth-order valence-corrected chi connectivity index (χ4v) is 3.65. The molecule has 0 radical (unpaired) electrons. The predicted octanol–water partition coefficient (Wildman–Crippen LogP) is 1.49. The molecular weight excluding hydrogens is 260 g/mol. The van der Waals surface area contributed by atoms with Crippen molar-refractivity contribution in [2.24, 2.45) is 5.73 Å². The first-order valence-electron chi connectivity index (χ1n) is 6.34. The third-order valence-corrected chi connectivity index (χ3v) is 4.77. The van der Waals surface area contributed by atoms with E-state index in [1.54, 1.807) is 7.11 Å². The van der Waals surface area contributed by atoms with E-state index in [1.165, 1.54) is 5.56 Å². The van der Waals surface area contributed by atoms with Crippen LogP contribution in [0.3, 0.4) is 0 Å². The van der Waals surface area contributed by atoms with Crippen molar-refractivity contribution in [3.63, 3.8) is 0 Å². The molecule has 104 valence electrons. The van der Waals surface area contributed by atoms with Gasteiger partial charge in [0.15, 0.2) is 0 Å². The Morgan fingerprint density at radius 1 is 1.58 bits per heavy atom. The molecule has 1 aromatic carbocycles. The molecule has 0 saturated carbocycles. The van der Waals surface area contributed by atoms with Crippen molar-refractivity contribution < 1.29 is 9.53 Å². The van der Waals surface area contributed by atoms with E-state index >= 15 is 0 Å². The van der Waals surface area contributed by atoms with E-state index in [9.17, 15) is 4.79 Å². The van der Waals surface area contributed by atoms with Crippen LogP contribution in [0.5, 0.6) is 5.75 Å². The van der Waals surface area contributed by atoms with Crippen molar-refractivity contribution >= 4 is 17.7 Å². The average molecular weight is 280 g/mol. The first-order chi connectivity index (χ1) is 9.10. The standard InChI is InChI=1S/C14H20N2O2S/c1-16-8-12(7-13(16)14(15)17)19-9-10-4-3-5-11(6-10)18-2/h3-6,12-13H,7-9H2,1-2H3,(H2,15,17)/t12-,13-/m0/s1. The molecule has 5 heteroatoms. The fourth-order valence-electron chi connectivity index (χ4n) is 2.38. The second-order valence-electron chi connectivity index (χ2n) is 4.88. The monoisotopic (exact) mass is 280 g/mol. The molecule has 0 spiro atoms. The molecule has 0 unspecified atom stereocenters. The molecule has 0 aliphatic carbocycles. The van der Waals surface area contributed by atoms with Crippen molar-refractivity contribution in [3.05, 3.63) is 29.8 Å². The molecule has 1 heterocycles. The van der Waals surface area contributed by atoms with Gasteiger partial charge in [-0.1, -0.05) is 12.1 Å².